The second kappa shape index (κ2) is 8.69. The average Bonchev–Trinajstić information content (AvgIpc) is 3.06. The Balaban J connectivity index is 1.80. The Morgan fingerprint density at radius 3 is 2.58 bits per heavy atom. The molecule has 1 heterocycles. The molecule has 134 valence electrons. The minimum absolute atomic E-state index is 0.613. The molecule has 0 atom stereocenters. The van der Waals surface area contributed by atoms with Crippen LogP contribution in [0.5, 0.6) is 0 Å². The molecule has 0 aliphatic rings. The lowest BCUT2D eigenvalue weighted by Gasteiger charge is -2.24. The minimum Gasteiger partial charge on any atom is -0.273 e. The van der Waals surface area contributed by atoms with Gasteiger partial charge in [0.05, 0.1) is 31.0 Å². The second-order valence-electron chi connectivity index (χ2n) is 5.91. The summed E-state index contributed by atoms with van der Waals surface area (Å²) in [6, 6.07) is 16.4. The molecule has 0 fully saturated rings. The van der Waals surface area contributed by atoms with Gasteiger partial charge >= 0.3 is 5.13 Å². The first-order valence-electron chi connectivity index (χ1n) is 8.57. The van der Waals surface area contributed by atoms with Crippen LogP contribution in [0, 0.1) is 6.92 Å². The first-order chi connectivity index (χ1) is 12.7. The maximum absolute atomic E-state index is 5.84. The summed E-state index contributed by atoms with van der Waals surface area (Å²) in [6.45, 7) is 5.34. The van der Waals surface area contributed by atoms with Crippen LogP contribution in [-0.4, -0.2) is 6.61 Å². The number of hydroxylamine groups is 1. The van der Waals surface area contributed by atoms with Crippen LogP contribution >= 0.6 is 11.3 Å². The molecule has 0 aliphatic carbocycles. The van der Waals surface area contributed by atoms with Crippen molar-refractivity contribution in [2.24, 2.45) is 17.3 Å². The molecular weight excluding hydrogens is 344 g/mol. The zero-order valence-electron chi connectivity index (χ0n) is 15.3. The van der Waals surface area contributed by atoms with E-state index in [1.807, 2.05) is 72.4 Å². The van der Waals surface area contributed by atoms with Crippen molar-refractivity contribution in [1.29, 1.82) is 0 Å². The minimum atomic E-state index is 0.613. The van der Waals surface area contributed by atoms with Crippen molar-refractivity contribution in [3.63, 3.8) is 0 Å². The normalized spacial score (nSPS) is 11.2. The molecule has 0 N–H and O–H groups in total. The molecule has 0 radical (unpaired) electrons. The van der Waals surface area contributed by atoms with Crippen molar-refractivity contribution in [1.82, 2.24) is 0 Å². The van der Waals surface area contributed by atoms with E-state index in [2.05, 4.69) is 28.4 Å². The number of aromatic nitrogens is 1. The summed E-state index contributed by atoms with van der Waals surface area (Å²) >= 11 is 1.56. The molecular formula is C20H23N4OS+. The molecule has 0 bridgehead atoms. The molecule has 0 unspecified atom stereocenters. The van der Waals surface area contributed by atoms with E-state index in [-0.39, 0.29) is 0 Å². The highest BCUT2D eigenvalue weighted by molar-refractivity contribution is 7.12. The Hall–Kier alpha value is -2.57. The third-order valence-electron chi connectivity index (χ3n) is 3.93. The number of hydrogen-bond donors (Lipinski definition) is 0. The summed E-state index contributed by atoms with van der Waals surface area (Å²) in [4.78, 5) is 5.84. The maximum atomic E-state index is 5.84. The third-order valence-corrected chi connectivity index (χ3v) is 4.76. The predicted molar refractivity (Wildman–Crippen MR) is 105 cm³/mol. The highest BCUT2D eigenvalue weighted by atomic mass is 32.1. The van der Waals surface area contributed by atoms with Gasteiger partial charge in [0.1, 0.15) is 11.9 Å². The lowest BCUT2D eigenvalue weighted by atomic mass is 10.1. The van der Waals surface area contributed by atoms with Crippen molar-refractivity contribution in [2.75, 3.05) is 11.7 Å². The van der Waals surface area contributed by atoms with Crippen molar-refractivity contribution in [3.05, 3.63) is 71.2 Å². The second-order valence-corrected chi connectivity index (χ2v) is 6.78. The number of nitrogens with zero attached hydrogens (tertiary/aromatic N) is 4. The predicted octanol–water partition coefficient (Wildman–Crippen LogP) is 5.25. The van der Waals surface area contributed by atoms with E-state index in [9.17, 15) is 0 Å². The van der Waals surface area contributed by atoms with Crippen LogP contribution in [0.15, 0.2) is 70.3 Å². The Morgan fingerprint density at radius 2 is 1.92 bits per heavy atom. The van der Waals surface area contributed by atoms with Crippen LogP contribution in [0.4, 0.5) is 16.5 Å². The van der Waals surface area contributed by atoms with Gasteiger partial charge in [-0.05, 0) is 59.6 Å². The lowest BCUT2D eigenvalue weighted by molar-refractivity contribution is -0.654. The molecule has 0 aliphatic heterocycles. The van der Waals surface area contributed by atoms with Crippen LogP contribution in [-0.2, 0) is 18.4 Å². The van der Waals surface area contributed by atoms with E-state index in [4.69, 9.17) is 4.84 Å². The quantitative estimate of drug-likeness (QED) is 0.325. The van der Waals surface area contributed by atoms with Crippen molar-refractivity contribution in [3.8, 4) is 0 Å². The van der Waals surface area contributed by atoms with Crippen LogP contribution in [0.1, 0.15) is 18.1 Å². The molecule has 3 rings (SSSR count). The highest BCUT2D eigenvalue weighted by Crippen LogP contribution is 2.28. The van der Waals surface area contributed by atoms with Gasteiger partial charge in [-0.3, -0.25) is 4.84 Å². The van der Waals surface area contributed by atoms with Crippen LogP contribution in [0.2, 0.25) is 0 Å². The lowest BCUT2D eigenvalue weighted by Crippen LogP contribution is -2.23. The summed E-state index contributed by atoms with van der Waals surface area (Å²) in [6.07, 6.45) is 1.97. The van der Waals surface area contributed by atoms with E-state index < -0.39 is 0 Å². The SMILES string of the molecule is CCON(Cc1ccccc1)c1ccc(N=Nc2scc[n+]2C)c(C)c1. The molecule has 0 spiro atoms. The van der Waals surface area contributed by atoms with Crippen molar-refractivity contribution < 1.29 is 9.40 Å². The van der Waals surface area contributed by atoms with Gasteiger partial charge in [-0.25, -0.2) is 9.63 Å². The third kappa shape index (κ3) is 4.53. The molecule has 26 heavy (non-hydrogen) atoms. The Morgan fingerprint density at radius 1 is 1.12 bits per heavy atom. The topological polar surface area (TPSA) is 41.1 Å². The van der Waals surface area contributed by atoms with Gasteiger partial charge < -0.3 is 0 Å². The maximum Gasteiger partial charge on any atom is 0.408 e. The van der Waals surface area contributed by atoms with Gasteiger partial charge in [-0.2, -0.15) is 0 Å². The zero-order chi connectivity index (χ0) is 18.4. The fraction of sp³-hybridized carbons (Fsp3) is 0.250. The molecule has 6 heteroatoms. The van der Waals surface area contributed by atoms with Gasteiger partial charge in [-0.1, -0.05) is 30.3 Å². The van der Waals surface area contributed by atoms with E-state index in [1.54, 1.807) is 11.3 Å². The average molecular weight is 367 g/mol. The number of azo groups is 1. The van der Waals surface area contributed by atoms with E-state index in [0.717, 1.165) is 22.1 Å². The molecule has 0 saturated heterocycles. The van der Waals surface area contributed by atoms with Crippen molar-refractivity contribution in [2.45, 2.75) is 20.4 Å². The van der Waals surface area contributed by atoms with E-state index in [0.29, 0.717) is 13.2 Å². The fourth-order valence-corrected chi connectivity index (χ4v) is 3.22. The van der Waals surface area contributed by atoms with E-state index >= 15 is 0 Å². The smallest absolute Gasteiger partial charge is 0.273 e. The first-order valence-corrected chi connectivity index (χ1v) is 9.45. The first kappa shape index (κ1) is 18.2. The largest absolute Gasteiger partial charge is 0.408 e. The molecule has 1 aromatic heterocycles. The summed E-state index contributed by atoms with van der Waals surface area (Å²) in [5, 5.41) is 13.5. The van der Waals surface area contributed by atoms with Gasteiger partial charge in [0.2, 0.25) is 0 Å². The number of rotatable bonds is 7. The summed E-state index contributed by atoms with van der Waals surface area (Å²) in [5.41, 5.74) is 4.13. The van der Waals surface area contributed by atoms with Crippen LogP contribution in [0.3, 0.4) is 0 Å². The number of benzene rings is 2. The monoisotopic (exact) mass is 367 g/mol. The van der Waals surface area contributed by atoms with Gasteiger partial charge in [0.25, 0.3) is 0 Å². The molecule has 0 saturated carbocycles. The Kier molecular flexibility index (Phi) is 6.09. The number of anilines is 1. The van der Waals surface area contributed by atoms with Crippen molar-refractivity contribution >= 4 is 27.8 Å². The number of thiazole rings is 1. The number of hydrogen-bond acceptors (Lipinski definition) is 5. The molecule has 2 aromatic carbocycles. The van der Waals surface area contributed by atoms with Gasteiger partial charge in [0.15, 0.2) is 0 Å². The van der Waals surface area contributed by atoms with Crippen LogP contribution in [0.25, 0.3) is 0 Å². The Labute approximate surface area is 158 Å². The molecule has 3 aromatic rings. The summed E-state index contributed by atoms with van der Waals surface area (Å²) in [7, 11) is 1.96. The van der Waals surface area contributed by atoms with E-state index in [1.165, 1.54) is 5.56 Å². The molecule has 0 amide bonds. The fourth-order valence-electron chi connectivity index (χ4n) is 2.54. The number of aryl methyl sites for hydroxylation is 2. The van der Waals surface area contributed by atoms with Crippen LogP contribution < -0.4 is 9.63 Å². The standard InChI is InChI=1S/C20H23N4OS/c1-4-25-24(15-17-8-6-5-7-9-17)18-10-11-19(16(2)14-18)21-22-20-23(3)12-13-26-20/h5-14H,4,15H2,1-3H3/q+1. The highest BCUT2D eigenvalue weighted by Gasteiger charge is 2.12. The van der Waals surface area contributed by atoms with Gasteiger partial charge in [0, 0.05) is 5.38 Å². The summed E-state index contributed by atoms with van der Waals surface area (Å²) in [5.74, 6) is 0. The summed E-state index contributed by atoms with van der Waals surface area (Å²) < 4.78 is 1.95. The van der Waals surface area contributed by atoms with Gasteiger partial charge in [-0.15, -0.1) is 0 Å². The molecule has 5 nitrogen and oxygen atoms in total. The Bertz CT molecular complexity index is 877. The zero-order valence-corrected chi connectivity index (χ0v) is 16.1.